The van der Waals surface area contributed by atoms with Gasteiger partial charge in [-0.3, -0.25) is 0 Å². The quantitative estimate of drug-likeness (QED) is 0.548. The van der Waals surface area contributed by atoms with Crippen LogP contribution < -0.4 is 4.90 Å². The minimum atomic E-state index is 0.845. The van der Waals surface area contributed by atoms with Crippen LogP contribution in [0.5, 0.6) is 0 Å². The Hall–Kier alpha value is -0.0800. The summed E-state index contributed by atoms with van der Waals surface area (Å²) < 4.78 is 1.30. The average Bonchev–Trinajstić information content (AvgIpc) is 2.09. The van der Waals surface area contributed by atoms with E-state index in [2.05, 4.69) is 27.9 Å². The molecule has 0 aromatic carbocycles. The Morgan fingerprint density at radius 2 is 1.83 bits per heavy atom. The Morgan fingerprint density at radius 1 is 1.33 bits per heavy atom. The molecule has 0 aromatic rings. The predicted octanol–water partition coefficient (Wildman–Crippen LogP) is -0.240. The maximum absolute atomic E-state index is 2.42. The SMILES string of the molecule is CCC(C)[N+]1(C)CC[NH+](C)CC1. The van der Waals surface area contributed by atoms with Crippen LogP contribution in [0.4, 0.5) is 0 Å². The highest BCUT2D eigenvalue weighted by molar-refractivity contribution is 4.52. The summed E-state index contributed by atoms with van der Waals surface area (Å²) >= 11 is 0. The maximum Gasteiger partial charge on any atom is 0.129 e. The summed E-state index contributed by atoms with van der Waals surface area (Å²) in [6.07, 6.45) is 1.32. The molecule has 0 bridgehead atoms. The zero-order valence-corrected chi connectivity index (χ0v) is 9.06. The number of hydrogen-bond acceptors (Lipinski definition) is 0. The van der Waals surface area contributed by atoms with Gasteiger partial charge in [-0.1, -0.05) is 6.92 Å². The van der Waals surface area contributed by atoms with Gasteiger partial charge in [-0.15, -0.1) is 0 Å². The van der Waals surface area contributed by atoms with E-state index >= 15 is 0 Å². The van der Waals surface area contributed by atoms with Crippen LogP contribution in [-0.4, -0.2) is 50.8 Å². The van der Waals surface area contributed by atoms with Gasteiger partial charge in [0.05, 0.1) is 20.1 Å². The zero-order valence-electron chi connectivity index (χ0n) is 9.06. The molecule has 2 heteroatoms. The van der Waals surface area contributed by atoms with Crippen LogP contribution in [0.3, 0.4) is 0 Å². The van der Waals surface area contributed by atoms with Gasteiger partial charge in [0.1, 0.15) is 26.2 Å². The third kappa shape index (κ3) is 1.99. The van der Waals surface area contributed by atoms with Crippen molar-refractivity contribution in [1.29, 1.82) is 0 Å². The van der Waals surface area contributed by atoms with Crippen molar-refractivity contribution < 1.29 is 9.38 Å². The molecule has 1 N–H and O–H groups in total. The molecule has 12 heavy (non-hydrogen) atoms. The number of hydrogen-bond donors (Lipinski definition) is 1. The molecule has 2 nitrogen and oxygen atoms in total. The van der Waals surface area contributed by atoms with Crippen LogP contribution in [0, 0.1) is 0 Å². The second-order valence-corrected chi connectivity index (χ2v) is 4.64. The lowest BCUT2D eigenvalue weighted by Crippen LogP contribution is -3.12. The van der Waals surface area contributed by atoms with Crippen molar-refractivity contribution in [3.63, 3.8) is 0 Å². The van der Waals surface area contributed by atoms with Gasteiger partial charge in [-0.2, -0.15) is 0 Å². The lowest BCUT2D eigenvalue weighted by Gasteiger charge is -2.43. The lowest BCUT2D eigenvalue weighted by atomic mass is 10.1. The highest BCUT2D eigenvalue weighted by Gasteiger charge is 2.33. The van der Waals surface area contributed by atoms with Gasteiger partial charge in [0.2, 0.25) is 0 Å². The Morgan fingerprint density at radius 3 is 2.25 bits per heavy atom. The molecule has 0 saturated carbocycles. The first-order chi connectivity index (χ1) is 5.58. The van der Waals surface area contributed by atoms with Crippen molar-refractivity contribution in [2.75, 3.05) is 40.3 Å². The first kappa shape index (κ1) is 10.0. The van der Waals surface area contributed by atoms with Crippen LogP contribution in [0.2, 0.25) is 0 Å². The second-order valence-electron chi connectivity index (χ2n) is 4.64. The molecule has 1 fully saturated rings. The maximum atomic E-state index is 2.42. The van der Waals surface area contributed by atoms with E-state index in [0.29, 0.717) is 0 Å². The third-order valence-corrected chi connectivity index (χ3v) is 3.75. The largest absolute Gasteiger partial charge is 0.328 e. The Kier molecular flexibility index (Phi) is 3.13. The summed E-state index contributed by atoms with van der Waals surface area (Å²) in [5.74, 6) is 0. The van der Waals surface area contributed by atoms with E-state index in [4.69, 9.17) is 0 Å². The smallest absolute Gasteiger partial charge is 0.129 e. The van der Waals surface area contributed by atoms with E-state index in [1.54, 1.807) is 4.90 Å². The predicted molar refractivity (Wildman–Crippen MR) is 52.3 cm³/mol. The van der Waals surface area contributed by atoms with E-state index < -0.39 is 0 Å². The molecule has 1 aliphatic heterocycles. The van der Waals surface area contributed by atoms with E-state index in [1.807, 2.05) is 0 Å². The number of nitrogens with zero attached hydrogens (tertiary/aromatic N) is 1. The van der Waals surface area contributed by atoms with Gasteiger partial charge >= 0.3 is 0 Å². The van der Waals surface area contributed by atoms with Crippen molar-refractivity contribution in [3.05, 3.63) is 0 Å². The molecule has 1 unspecified atom stereocenters. The van der Waals surface area contributed by atoms with Crippen LogP contribution >= 0.6 is 0 Å². The highest BCUT2D eigenvalue weighted by Crippen LogP contribution is 2.12. The van der Waals surface area contributed by atoms with Gasteiger partial charge < -0.3 is 9.38 Å². The summed E-state index contributed by atoms with van der Waals surface area (Å²) in [7, 11) is 4.72. The van der Waals surface area contributed by atoms with Crippen molar-refractivity contribution in [2.24, 2.45) is 0 Å². The molecular formula is C10H24N2+2. The molecule has 1 atom stereocenters. The standard InChI is InChI=1S/C10H23N2/c1-5-10(2)12(4)8-6-11(3)7-9-12/h10H,5-9H2,1-4H3/q+1/p+1. The fraction of sp³-hybridized carbons (Fsp3) is 1.00. The summed E-state index contributed by atoms with van der Waals surface area (Å²) in [5, 5.41) is 0. The second kappa shape index (κ2) is 3.75. The molecule has 1 aliphatic rings. The number of rotatable bonds is 2. The van der Waals surface area contributed by atoms with Crippen LogP contribution in [-0.2, 0) is 0 Å². The van der Waals surface area contributed by atoms with Gasteiger partial charge in [-0.05, 0) is 13.3 Å². The van der Waals surface area contributed by atoms with Gasteiger partial charge in [-0.25, -0.2) is 0 Å². The molecule has 0 radical (unpaired) electrons. The summed E-state index contributed by atoms with van der Waals surface area (Å²) in [6.45, 7) is 10.1. The Balaban J connectivity index is 2.49. The van der Waals surface area contributed by atoms with Gasteiger partial charge in [0.25, 0.3) is 0 Å². The molecule has 0 aliphatic carbocycles. The van der Waals surface area contributed by atoms with Crippen LogP contribution in [0.25, 0.3) is 0 Å². The third-order valence-electron chi connectivity index (χ3n) is 3.75. The Bertz CT molecular complexity index is 137. The van der Waals surface area contributed by atoms with Crippen molar-refractivity contribution in [2.45, 2.75) is 26.3 Å². The summed E-state index contributed by atoms with van der Waals surface area (Å²) in [5.41, 5.74) is 0. The topological polar surface area (TPSA) is 4.44 Å². The monoisotopic (exact) mass is 172 g/mol. The minimum Gasteiger partial charge on any atom is -0.328 e. The van der Waals surface area contributed by atoms with Gasteiger partial charge in [0.15, 0.2) is 0 Å². The van der Waals surface area contributed by atoms with Crippen LogP contribution in [0.1, 0.15) is 20.3 Å². The molecule has 1 rings (SSSR count). The van der Waals surface area contributed by atoms with E-state index in [1.165, 1.54) is 37.1 Å². The fourth-order valence-electron chi connectivity index (χ4n) is 2.01. The Labute approximate surface area is 76.7 Å². The zero-order chi connectivity index (χ0) is 9.19. The first-order valence-electron chi connectivity index (χ1n) is 5.24. The van der Waals surface area contributed by atoms with Crippen LogP contribution in [0.15, 0.2) is 0 Å². The van der Waals surface area contributed by atoms with E-state index in [-0.39, 0.29) is 0 Å². The van der Waals surface area contributed by atoms with E-state index in [9.17, 15) is 0 Å². The normalized spacial score (nSPS) is 39.5. The van der Waals surface area contributed by atoms with Crippen molar-refractivity contribution >= 4 is 0 Å². The molecule has 1 saturated heterocycles. The average molecular weight is 172 g/mol. The lowest BCUT2D eigenvalue weighted by molar-refractivity contribution is -1.02. The fourth-order valence-corrected chi connectivity index (χ4v) is 2.01. The summed E-state index contributed by atoms with van der Waals surface area (Å²) in [6, 6.07) is 0.845. The van der Waals surface area contributed by atoms with Crippen molar-refractivity contribution in [1.82, 2.24) is 0 Å². The number of quaternary nitrogens is 2. The van der Waals surface area contributed by atoms with E-state index in [0.717, 1.165) is 6.04 Å². The molecule has 0 spiro atoms. The van der Waals surface area contributed by atoms with Crippen molar-refractivity contribution in [3.8, 4) is 0 Å². The molecule has 0 aromatic heterocycles. The molecule has 72 valence electrons. The highest BCUT2D eigenvalue weighted by atomic mass is 15.4. The molecule has 1 heterocycles. The van der Waals surface area contributed by atoms with Gasteiger partial charge in [0, 0.05) is 0 Å². The number of likely N-dealkylation sites (N-methyl/N-ethyl adjacent to an activating group) is 2. The molecular weight excluding hydrogens is 148 g/mol. The summed E-state index contributed by atoms with van der Waals surface area (Å²) in [4.78, 5) is 1.70. The number of nitrogens with one attached hydrogen (secondary N) is 1. The first-order valence-corrected chi connectivity index (χ1v) is 5.24. The molecule has 0 amide bonds. The number of piperazine rings is 1. The minimum absolute atomic E-state index is 0.845.